The Labute approximate surface area is 240 Å². The second kappa shape index (κ2) is 11.0. The third-order valence-corrected chi connectivity index (χ3v) is 7.01. The standard InChI is InChI=1S/C27H19Cl2FN6O5/c1-34-21-10-22(35-7-6-31-13-35)19(30)9-16(21)25(38)36(27(34)41)15-4-2-14(3-5-15)8-20(26(39)40)33-24(37)23-17(28)11-32-12-18(23)29/h2-7,9-13,20H,8H2,1H3,(H,33,37)(H,39,40)/t20-/m0/s1. The van der Waals surface area contributed by atoms with Crippen molar-refractivity contribution in [3.63, 3.8) is 0 Å². The van der Waals surface area contributed by atoms with E-state index in [1.165, 1.54) is 77.6 Å². The summed E-state index contributed by atoms with van der Waals surface area (Å²) in [5, 5.41) is 12.0. The number of aliphatic carboxylic acids is 1. The number of carboxylic acids is 1. The van der Waals surface area contributed by atoms with Gasteiger partial charge in [0, 0.05) is 38.3 Å². The van der Waals surface area contributed by atoms with E-state index >= 15 is 0 Å². The van der Waals surface area contributed by atoms with Crippen LogP contribution in [0.1, 0.15) is 15.9 Å². The van der Waals surface area contributed by atoms with Gasteiger partial charge in [0.15, 0.2) is 0 Å². The highest BCUT2D eigenvalue weighted by atomic mass is 35.5. The molecule has 0 aliphatic heterocycles. The summed E-state index contributed by atoms with van der Waals surface area (Å²) in [6, 6.07) is 7.06. The van der Waals surface area contributed by atoms with Gasteiger partial charge in [-0.2, -0.15) is 0 Å². The lowest BCUT2D eigenvalue weighted by Crippen LogP contribution is -2.42. The van der Waals surface area contributed by atoms with Crippen molar-refractivity contribution in [3.8, 4) is 11.4 Å². The first-order valence-electron chi connectivity index (χ1n) is 11.9. The topological polar surface area (TPSA) is 141 Å². The van der Waals surface area contributed by atoms with Crippen molar-refractivity contribution in [1.29, 1.82) is 0 Å². The van der Waals surface area contributed by atoms with E-state index in [1.54, 1.807) is 0 Å². The van der Waals surface area contributed by atoms with E-state index in [4.69, 9.17) is 23.2 Å². The molecule has 1 atom stereocenters. The summed E-state index contributed by atoms with van der Waals surface area (Å²) in [6.45, 7) is 0. The van der Waals surface area contributed by atoms with Crippen LogP contribution >= 0.6 is 23.2 Å². The fourth-order valence-corrected chi connectivity index (χ4v) is 4.90. The van der Waals surface area contributed by atoms with Gasteiger partial charge in [0.25, 0.3) is 11.5 Å². The molecule has 0 aliphatic carbocycles. The van der Waals surface area contributed by atoms with Crippen LogP contribution in [0.4, 0.5) is 4.39 Å². The summed E-state index contributed by atoms with van der Waals surface area (Å²) in [4.78, 5) is 58.8. The molecule has 2 aromatic carbocycles. The van der Waals surface area contributed by atoms with Crippen LogP contribution < -0.4 is 16.6 Å². The summed E-state index contributed by atoms with van der Waals surface area (Å²) in [7, 11) is 1.46. The normalized spacial score (nSPS) is 11.9. The number of halogens is 3. The monoisotopic (exact) mass is 596 g/mol. The Balaban J connectivity index is 1.45. The van der Waals surface area contributed by atoms with Gasteiger partial charge in [-0.15, -0.1) is 0 Å². The lowest BCUT2D eigenvalue weighted by molar-refractivity contribution is -0.139. The van der Waals surface area contributed by atoms with E-state index in [0.29, 0.717) is 5.56 Å². The van der Waals surface area contributed by atoms with Gasteiger partial charge in [0.2, 0.25) is 0 Å². The summed E-state index contributed by atoms with van der Waals surface area (Å²) >= 11 is 12.0. The Morgan fingerprint density at radius 1 is 1.07 bits per heavy atom. The number of carbonyl (C=O) groups excluding carboxylic acids is 1. The molecule has 14 heteroatoms. The zero-order chi connectivity index (χ0) is 29.4. The molecule has 0 fully saturated rings. The van der Waals surface area contributed by atoms with E-state index in [0.717, 1.165) is 10.6 Å². The molecular weight excluding hydrogens is 578 g/mol. The maximum atomic E-state index is 14.9. The molecule has 0 saturated heterocycles. The van der Waals surface area contributed by atoms with Crippen molar-refractivity contribution in [2.75, 3.05) is 0 Å². The third kappa shape index (κ3) is 5.22. The molecule has 0 bridgehead atoms. The highest BCUT2D eigenvalue weighted by Crippen LogP contribution is 2.23. The SMILES string of the molecule is Cn1c(=O)n(-c2ccc(C[C@H](NC(=O)c3c(Cl)cncc3Cl)C(=O)O)cc2)c(=O)c2cc(F)c(-n3ccnc3)cc21. The Hall–Kier alpha value is -4.81. The zero-order valence-corrected chi connectivity index (χ0v) is 22.6. The van der Waals surface area contributed by atoms with E-state index < -0.39 is 35.0 Å². The van der Waals surface area contributed by atoms with Crippen molar-refractivity contribution in [3.05, 3.63) is 115 Å². The lowest BCUT2D eigenvalue weighted by atomic mass is 10.0. The average molecular weight is 597 g/mol. The predicted octanol–water partition coefficient (Wildman–Crippen LogP) is 3.14. The number of aromatic nitrogens is 5. The molecule has 0 radical (unpaired) electrons. The van der Waals surface area contributed by atoms with Crippen molar-refractivity contribution in [2.45, 2.75) is 12.5 Å². The lowest BCUT2D eigenvalue weighted by Gasteiger charge is -2.16. The van der Waals surface area contributed by atoms with Crippen LogP contribution in [0.25, 0.3) is 22.3 Å². The molecule has 11 nitrogen and oxygen atoms in total. The Kier molecular flexibility index (Phi) is 7.43. The number of carboxylic acid groups (broad SMARTS) is 1. The molecule has 208 valence electrons. The molecule has 3 aromatic heterocycles. The minimum absolute atomic E-state index is 0.0142. The van der Waals surface area contributed by atoms with Crippen LogP contribution in [0, 0.1) is 5.82 Å². The fourth-order valence-electron chi connectivity index (χ4n) is 4.36. The molecule has 5 rings (SSSR count). The molecular formula is C27H19Cl2FN6O5. The number of nitrogens with one attached hydrogen (secondary N) is 1. The third-order valence-electron chi connectivity index (χ3n) is 6.44. The van der Waals surface area contributed by atoms with Gasteiger partial charge < -0.3 is 15.0 Å². The van der Waals surface area contributed by atoms with E-state index in [-0.39, 0.29) is 44.3 Å². The predicted molar refractivity (Wildman–Crippen MR) is 149 cm³/mol. The Bertz CT molecular complexity index is 1920. The number of rotatable bonds is 7. The van der Waals surface area contributed by atoms with Gasteiger partial charge in [-0.1, -0.05) is 35.3 Å². The summed E-state index contributed by atoms with van der Waals surface area (Å²) < 4.78 is 18.5. The number of imidazole rings is 1. The van der Waals surface area contributed by atoms with Crippen LogP contribution in [0.15, 0.2) is 77.1 Å². The first-order chi connectivity index (χ1) is 19.6. The van der Waals surface area contributed by atoms with Crippen LogP contribution in [-0.4, -0.2) is 46.7 Å². The van der Waals surface area contributed by atoms with Crippen LogP contribution in [0.5, 0.6) is 0 Å². The summed E-state index contributed by atoms with van der Waals surface area (Å²) in [5.74, 6) is -2.77. The number of nitrogens with zero attached hydrogens (tertiary/aromatic N) is 5. The minimum atomic E-state index is -1.35. The molecule has 41 heavy (non-hydrogen) atoms. The smallest absolute Gasteiger partial charge is 0.335 e. The van der Waals surface area contributed by atoms with E-state index in [2.05, 4.69) is 15.3 Å². The molecule has 3 heterocycles. The summed E-state index contributed by atoms with van der Waals surface area (Å²) in [5.41, 5.74) is -0.479. The van der Waals surface area contributed by atoms with Gasteiger partial charge in [-0.05, 0) is 29.8 Å². The van der Waals surface area contributed by atoms with Crippen molar-refractivity contribution in [1.82, 2.24) is 29.0 Å². The van der Waals surface area contributed by atoms with Crippen molar-refractivity contribution in [2.24, 2.45) is 7.05 Å². The van der Waals surface area contributed by atoms with E-state index in [9.17, 15) is 28.7 Å². The van der Waals surface area contributed by atoms with Crippen LogP contribution in [-0.2, 0) is 18.3 Å². The van der Waals surface area contributed by atoms with E-state index in [1.807, 2.05) is 0 Å². The quantitative estimate of drug-likeness (QED) is 0.294. The number of aryl methyl sites for hydroxylation is 1. The largest absolute Gasteiger partial charge is 0.480 e. The maximum Gasteiger partial charge on any atom is 0.335 e. The molecule has 0 aliphatic rings. The highest BCUT2D eigenvalue weighted by molar-refractivity contribution is 6.39. The number of benzene rings is 2. The van der Waals surface area contributed by atoms with Crippen molar-refractivity contribution >= 4 is 46.0 Å². The van der Waals surface area contributed by atoms with Gasteiger partial charge in [-0.25, -0.2) is 23.5 Å². The number of carbonyl (C=O) groups is 2. The Morgan fingerprint density at radius 3 is 2.37 bits per heavy atom. The molecule has 2 N–H and O–H groups in total. The number of fused-ring (bicyclic) bond motifs is 1. The van der Waals surface area contributed by atoms with Gasteiger partial charge in [0.1, 0.15) is 11.9 Å². The molecule has 5 aromatic rings. The fraction of sp³-hybridized carbons (Fsp3) is 0.111. The second-order valence-corrected chi connectivity index (χ2v) is 9.80. The molecule has 0 unspecified atom stereocenters. The average Bonchev–Trinajstić information content (AvgIpc) is 3.47. The van der Waals surface area contributed by atoms with Gasteiger partial charge in [0.05, 0.1) is 44.2 Å². The number of hydrogen-bond acceptors (Lipinski definition) is 6. The van der Waals surface area contributed by atoms with Crippen molar-refractivity contribution < 1.29 is 19.1 Å². The zero-order valence-electron chi connectivity index (χ0n) is 21.1. The summed E-state index contributed by atoms with van der Waals surface area (Å²) in [6.07, 6.45) is 6.70. The number of hydrogen-bond donors (Lipinski definition) is 2. The van der Waals surface area contributed by atoms with Gasteiger partial charge >= 0.3 is 11.7 Å². The van der Waals surface area contributed by atoms with Crippen LogP contribution in [0.3, 0.4) is 0 Å². The molecule has 0 saturated carbocycles. The van der Waals surface area contributed by atoms with Crippen LogP contribution in [0.2, 0.25) is 10.0 Å². The first kappa shape index (κ1) is 27.7. The highest BCUT2D eigenvalue weighted by Gasteiger charge is 2.24. The molecule has 1 amide bonds. The second-order valence-electron chi connectivity index (χ2n) is 8.99. The maximum absolute atomic E-state index is 14.9. The minimum Gasteiger partial charge on any atom is -0.480 e. The first-order valence-corrected chi connectivity index (χ1v) is 12.7. The Morgan fingerprint density at radius 2 is 1.76 bits per heavy atom. The molecule has 0 spiro atoms. The number of amides is 1. The van der Waals surface area contributed by atoms with Gasteiger partial charge in [-0.3, -0.25) is 19.1 Å². The number of pyridine rings is 1.